The van der Waals surface area contributed by atoms with Crippen LogP contribution in [0.4, 0.5) is 0 Å². The molecule has 0 unspecified atom stereocenters. The zero-order chi connectivity index (χ0) is 15.2. The van der Waals surface area contributed by atoms with Gasteiger partial charge in [-0.25, -0.2) is 0 Å². The van der Waals surface area contributed by atoms with Crippen molar-refractivity contribution in [2.45, 2.75) is 44.9 Å². The number of pyridine rings is 1. The molecule has 1 heterocycles. The Morgan fingerprint density at radius 2 is 2.33 bits per heavy atom. The third kappa shape index (κ3) is 4.79. The van der Waals surface area contributed by atoms with E-state index in [1.165, 1.54) is 0 Å². The van der Waals surface area contributed by atoms with Gasteiger partial charge in [-0.05, 0) is 43.9 Å². The maximum absolute atomic E-state index is 12.1. The molecule has 116 valence electrons. The average Bonchev–Trinajstić information content (AvgIpc) is 2.42. The third-order valence-corrected chi connectivity index (χ3v) is 4.09. The molecule has 2 N–H and O–H groups in total. The summed E-state index contributed by atoms with van der Waals surface area (Å²) >= 11 is 0. The van der Waals surface area contributed by atoms with Gasteiger partial charge in [-0.1, -0.05) is 13.0 Å². The molecule has 0 aromatic carbocycles. The second-order valence-electron chi connectivity index (χ2n) is 6.00. The minimum atomic E-state index is -0.172. The molecule has 1 aliphatic rings. The summed E-state index contributed by atoms with van der Waals surface area (Å²) in [5, 5.41) is 12.5. The molecule has 1 amide bonds. The predicted molar refractivity (Wildman–Crippen MR) is 81.5 cm³/mol. The second-order valence-corrected chi connectivity index (χ2v) is 6.00. The average molecular weight is 291 g/mol. The van der Waals surface area contributed by atoms with Crippen LogP contribution in [0.15, 0.2) is 24.5 Å². The van der Waals surface area contributed by atoms with Crippen LogP contribution < -0.4 is 5.32 Å². The number of nitrogens with zero attached hydrogens (tertiary/aromatic N) is 2. The van der Waals surface area contributed by atoms with Crippen LogP contribution in [0.3, 0.4) is 0 Å². The second kappa shape index (κ2) is 7.52. The van der Waals surface area contributed by atoms with Crippen molar-refractivity contribution in [3.63, 3.8) is 0 Å². The minimum absolute atomic E-state index is 0.0506. The molecular weight excluding hydrogens is 266 g/mol. The molecule has 1 aromatic rings. The normalized spacial score (nSPS) is 22.7. The topological polar surface area (TPSA) is 65.5 Å². The van der Waals surface area contributed by atoms with Crippen molar-refractivity contribution in [1.82, 2.24) is 15.2 Å². The van der Waals surface area contributed by atoms with E-state index in [1.807, 2.05) is 30.3 Å². The smallest absolute Gasteiger partial charge is 0.234 e. The SMILES string of the molecule is CC[C@@H](NC(=O)CN(C)Cc1cccnc1)C1CC(O)C1. The van der Waals surface area contributed by atoms with Gasteiger partial charge in [0.1, 0.15) is 0 Å². The van der Waals surface area contributed by atoms with Crippen molar-refractivity contribution in [3.8, 4) is 0 Å². The van der Waals surface area contributed by atoms with E-state index in [2.05, 4.69) is 17.2 Å². The summed E-state index contributed by atoms with van der Waals surface area (Å²) in [6.45, 7) is 3.16. The Morgan fingerprint density at radius 1 is 1.57 bits per heavy atom. The van der Waals surface area contributed by atoms with Gasteiger partial charge in [0.15, 0.2) is 0 Å². The lowest BCUT2D eigenvalue weighted by Crippen LogP contribution is -2.48. The Morgan fingerprint density at radius 3 is 2.90 bits per heavy atom. The summed E-state index contributed by atoms with van der Waals surface area (Å²) in [5.41, 5.74) is 1.10. The number of aliphatic hydroxyl groups is 1. The number of nitrogens with one attached hydrogen (secondary N) is 1. The first-order valence-electron chi connectivity index (χ1n) is 7.63. The Labute approximate surface area is 126 Å². The fraction of sp³-hybridized carbons (Fsp3) is 0.625. The molecule has 0 spiro atoms. The number of hydrogen-bond donors (Lipinski definition) is 2. The van der Waals surface area contributed by atoms with Crippen molar-refractivity contribution >= 4 is 5.91 Å². The molecule has 21 heavy (non-hydrogen) atoms. The highest BCUT2D eigenvalue weighted by Gasteiger charge is 2.33. The first kappa shape index (κ1) is 15.9. The molecule has 0 bridgehead atoms. The van der Waals surface area contributed by atoms with Crippen LogP contribution >= 0.6 is 0 Å². The Hall–Kier alpha value is -1.46. The van der Waals surface area contributed by atoms with Gasteiger partial charge in [0.05, 0.1) is 12.6 Å². The molecule has 0 saturated heterocycles. The minimum Gasteiger partial charge on any atom is -0.393 e. The van der Waals surface area contributed by atoms with E-state index in [0.29, 0.717) is 19.0 Å². The Bertz CT molecular complexity index is 446. The molecule has 1 saturated carbocycles. The van der Waals surface area contributed by atoms with Crippen molar-refractivity contribution < 1.29 is 9.90 Å². The van der Waals surface area contributed by atoms with Gasteiger partial charge in [-0.2, -0.15) is 0 Å². The maximum atomic E-state index is 12.1. The number of aliphatic hydroxyl groups excluding tert-OH is 1. The number of hydrogen-bond acceptors (Lipinski definition) is 4. The van der Waals surface area contributed by atoms with Gasteiger partial charge in [-0.15, -0.1) is 0 Å². The van der Waals surface area contributed by atoms with Crippen LogP contribution in [-0.2, 0) is 11.3 Å². The first-order chi connectivity index (χ1) is 10.1. The predicted octanol–water partition coefficient (Wildman–Crippen LogP) is 1.18. The Kier molecular flexibility index (Phi) is 5.70. The van der Waals surface area contributed by atoms with Crippen LogP contribution in [0.1, 0.15) is 31.7 Å². The number of aromatic nitrogens is 1. The zero-order valence-electron chi connectivity index (χ0n) is 12.8. The summed E-state index contributed by atoms with van der Waals surface area (Å²) in [6.07, 6.45) is 5.92. The van der Waals surface area contributed by atoms with Crippen molar-refractivity contribution in [2.75, 3.05) is 13.6 Å². The molecule has 1 aromatic heterocycles. The van der Waals surface area contributed by atoms with Gasteiger partial charge in [0.25, 0.3) is 0 Å². The van der Waals surface area contributed by atoms with E-state index in [4.69, 9.17) is 0 Å². The van der Waals surface area contributed by atoms with Crippen LogP contribution in [0.25, 0.3) is 0 Å². The third-order valence-electron chi connectivity index (χ3n) is 4.09. The largest absolute Gasteiger partial charge is 0.393 e. The zero-order valence-corrected chi connectivity index (χ0v) is 12.8. The molecule has 5 nitrogen and oxygen atoms in total. The molecule has 1 fully saturated rings. The molecule has 1 aliphatic carbocycles. The number of carbonyl (C=O) groups is 1. The molecule has 1 atom stereocenters. The fourth-order valence-corrected chi connectivity index (χ4v) is 2.87. The number of likely N-dealkylation sites (N-methyl/N-ethyl adjacent to an activating group) is 1. The summed E-state index contributed by atoms with van der Waals surface area (Å²) < 4.78 is 0. The van der Waals surface area contributed by atoms with Gasteiger partial charge < -0.3 is 10.4 Å². The van der Waals surface area contributed by atoms with E-state index in [0.717, 1.165) is 24.8 Å². The first-order valence-corrected chi connectivity index (χ1v) is 7.63. The van der Waals surface area contributed by atoms with Crippen LogP contribution in [0.5, 0.6) is 0 Å². The highest BCUT2D eigenvalue weighted by molar-refractivity contribution is 5.78. The van der Waals surface area contributed by atoms with Crippen LogP contribution in [-0.4, -0.2) is 46.6 Å². The molecular formula is C16H25N3O2. The monoisotopic (exact) mass is 291 g/mol. The fourth-order valence-electron chi connectivity index (χ4n) is 2.87. The molecule has 5 heteroatoms. The lowest BCUT2D eigenvalue weighted by molar-refractivity contribution is -0.124. The summed E-state index contributed by atoms with van der Waals surface area (Å²) in [4.78, 5) is 18.2. The maximum Gasteiger partial charge on any atom is 0.234 e. The van der Waals surface area contributed by atoms with Gasteiger partial charge in [-0.3, -0.25) is 14.7 Å². The van der Waals surface area contributed by atoms with Gasteiger partial charge >= 0.3 is 0 Å². The Balaban J connectivity index is 1.75. The van der Waals surface area contributed by atoms with Gasteiger partial charge in [0, 0.05) is 25.0 Å². The van der Waals surface area contributed by atoms with Crippen molar-refractivity contribution in [3.05, 3.63) is 30.1 Å². The number of rotatable bonds is 7. The summed E-state index contributed by atoms with van der Waals surface area (Å²) in [6, 6.07) is 4.09. The van der Waals surface area contributed by atoms with Crippen molar-refractivity contribution in [2.24, 2.45) is 5.92 Å². The lowest BCUT2D eigenvalue weighted by Gasteiger charge is -2.37. The number of amides is 1. The van der Waals surface area contributed by atoms with E-state index in [1.54, 1.807) is 6.20 Å². The lowest BCUT2D eigenvalue weighted by atomic mass is 9.76. The van der Waals surface area contributed by atoms with Gasteiger partial charge in [0.2, 0.25) is 5.91 Å². The van der Waals surface area contributed by atoms with E-state index in [-0.39, 0.29) is 18.1 Å². The molecule has 0 radical (unpaired) electrons. The standard InChI is InChI=1S/C16H25N3O2/c1-3-15(13-7-14(20)8-13)18-16(21)11-19(2)10-12-5-4-6-17-9-12/h4-6,9,13-15,20H,3,7-8,10-11H2,1-2H3,(H,18,21)/t13?,14?,15-/m1/s1. The van der Waals surface area contributed by atoms with Crippen molar-refractivity contribution in [1.29, 1.82) is 0 Å². The van der Waals surface area contributed by atoms with E-state index >= 15 is 0 Å². The quantitative estimate of drug-likeness (QED) is 0.792. The number of carbonyl (C=O) groups excluding carboxylic acids is 1. The van der Waals surface area contributed by atoms with Crippen LogP contribution in [0, 0.1) is 5.92 Å². The summed E-state index contributed by atoms with van der Waals surface area (Å²) in [7, 11) is 1.93. The van der Waals surface area contributed by atoms with E-state index in [9.17, 15) is 9.90 Å². The highest BCUT2D eigenvalue weighted by Crippen LogP contribution is 2.31. The molecule has 0 aliphatic heterocycles. The van der Waals surface area contributed by atoms with Crippen LogP contribution in [0.2, 0.25) is 0 Å². The van der Waals surface area contributed by atoms with E-state index < -0.39 is 0 Å². The highest BCUT2D eigenvalue weighted by atomic mass is 16.3. The molecule has 2 rings (SSSR count). The summed E-state index contributed by atoms with van der Waals surface area (Å²) in [5.74, 6) is 0.479.